The highest BCUT2D eigenvalue weighted by atomic mass is 32.2. The number of carbonyl (C=O) groups excluding carboxylic acids is 1. The lowest BCUT2D eigenvalue weighted by atomic mass is 10.1. The van der Waals surface area contributed by atoms with Crippen LogP contribution in [0.1, 0.15) is 21.6 Å². The molecule has 1 aromatic carbocycles. The molecule has 3 aromatic heterocycles. The molecule has 5 rings (SSSR count). The van der Waals surface area contributed by atoms with Crippen LogP contribution in [-0.4, -0.2) is 66.5 Å². The Morgan fingerprint density at radius 1 is 1.16 bits per heavy atom. The van der Waals surface area contributed by atoms with Crippen LogP contribution in [0.2, 0.25) is 0 Å². The molecule has 0 saturated carbocycles. The monoisotopic (exact) mass is 528 g/mol. The van der Waals surface area contributed by atoms with E-state index >= 15 is 0 Å². The van der Waals surface area contributed by atoms with Gasteiger partial charge in [-0.3, -0.25) is 9.78 Å². The van der Waals surface area contributed by atoms with Crippen LogP contribution in [0.4, 0.5) is 5.82 Å². The van der Waals surface area contributed by atoms with Gasteiger partial charge in [0.1, 0.15) is 5.82 Å². The molecule has 1 atom stereocenters. The number of fused-ring (bicyclic) bond motifs is 1. The Hall–Kier alpha value is -3.53. The molecular weight excluding hydrogens is 496 g/mol. The number of anilines is 1. The van der Waals surface area contributed by atoms with Crippen LogP contribution in [0.5, 0.6) is 0 Å². The number of pyridine rings is 3. The number of benzene rings is 1. The van der Waals surface area contributed by atoms with Crippen molar-refractivity contribution in [1.29, 1.82) is 0 Å². The van der Waals surface area contributed by atoms with Crippen molar-refractivity contribution in [2.75, 3.05) is 44.5 Å². The van der Waals surface area contributed by atoms with Crippen LogP contribution in [0.15, 0.2) is 65.7 Å². The highest BCUT2D eigenvalue weighted by Gasteiger charge is 2.20. The summed E-state index contributed by atoms with van der Waals surface area (Å²) in [5.74, 6) is 0.816. The summed E-state index contributed by atoms with van der Waals surface area (Å²) in [5.41, 5.74) is 4.99. The first kappa shape index (κ1) is 26.1. The molecule has 1 aliphatic rings. The van der Waals surface area contributed by atoms with Crippen LogP contribution in [0, 0.1) is 6.92 Å². The molecule has 1 amide bonds. The number of methoxy groups -OCH3 is 1. The van der Waals surface area contributed by atoms with E-state index in [0.717, 1.165) is 63.9 Å². The molecule has 1 saturated heterocycles. The predicted octanol–water partition coefficient (Wildman–Crippen LogP) is 4.08. The standard InChI is InChI=1S/C29H32N6O2S/c1-19-7-8-20(13-27(19)38-3)29(36)32-16-22-14-26-21(15-31-22)9-10-25(33-26)24-5-4-6-28(34-24)35-12-11-30-23(17-35)18-37-2/h4-10,13-15,23,30H,11-12,16-18H2,1-3H3,(H,32,36). The van der Waals surface area contributed by atoms with Gasteiger partial charge in [-0.05, 0) is 61.2 Å². The van der Waals surface area contributed by atoms with Gasteiger partial charge < -0.3 is 20.3 Å². The summed E-state index contributed by atoms with van der Waals surface area (Å²) in [7, 11) is 1.73. The summed E-state index contributed by atoms with van der Waals surface area (Å²) in [6.45, 7) is 5.67. The number of ether oxygens (including phenoxy) is 1. The zero-order valence-electron chi connectivity index (χ0n) is 21.9. The van der Waals surface area contributed by atoms with Crippen molar-refractivity contribution in [3.05, 3.63) is 77.6 Å². The van der Waals surface area contributed by atoms with Crippen LogP contribution >= 0.6 is 11.8 Å². The summed E-state index contributed by atoms with van der Waals surface area (Å²) in [4.78, 5) is 30.4. The fraction of sp³-hybridized carbons (Fsp3) is 0.310. The first-order valence-electron chi connectivity index (χ1n) is 12.7. The minimum atomic E-state index is -0.120. The summed E-state index contributed by atoms with van der Waals surface area (Å²) in [5, 5.41) is 7.41. The highest BCUT2D eigenvalue weighted by molar-refractivity contribution is 7.98. The quantitative estimate of drug-likeness (QED) is 0.331. The number of nitrogens with one attached hydrogen (secondary N) is 2. The molecule has 9 heteroatoms. The lowest BCUT2D eigenvalue weighted by Crippen LogP contribution is -2.52. The van der Waals surface area contributed by atoms with E-state index in [1.807, 2.05) is 67.8 Å². The van der Waals surface area contributed by atoms with Crippen molar-refractivity contribution in [3.63, 3.8) is 0 Å². The molecule has 0 aliphatic carbocycles. The minimum absolute atomic E-state index is 0.120. The normalized spacial score (nSPS) is 15.6. The smallest absolute Gasteiger partial charge is 0.251 e. The topological polar surface area (TPSA) is 92.3 Å². The van der Waals surface area contributed by atoms with Gasteiger partial charge in [0.2, 0.25) is 0 Å². The zero-order valence-corrected chi connectivity index (χ0v) is 22.7. The molecule has 1 aliphatic heterocycles. The number of hydrogen-bond donors (Lipinski definition) is 2. The number of aromatic nitrogens is 3. The fourth-order valence-corrected chi connectivity index (χ4v) is 5.25. The fourth-order valence-electron chi connectivity index (χ4n) is 4.62. The summed E-state index contributed by atoms with van der Waals surface area (Å²) >= 11 is 1.64. The lowest BCUT2D eigenvalue weighted by Gasteiger charge is -2.34. The Balaban J connectivity index is 1.32. The molecule has 0 bridgehead atoms. The zero-order chi connectivity index (χ0) is 26.5. The van der Waals surface area contributed by atoms with Crippen LogP contribution < -0.4 is 15.5 Å². The van der Waals surface area contributed by atoms with E-state index in [1.54, 1.807) is 25.1 Å². The van der Waals surface area contributed by atoms with Gasteiger partial charge in [0.05, 0.1) is 35.8 Å². The van der Waals surface area contributed by atoms with E-state index in [-0.39, 0.29) is 11.9 Å². The van der Waals surface area contributed by atoms with Gasteiger partial charge in [-0.2, -0.15) is 0 Å². The average molecular weight is 529 g/mol. The molecule has 2 N–H and O–H groups in total. The van der Waals surface area contributed by atoms with Crippen molar-refractivity contribution in [2.24, 2.45) is 0 Å². The van der Waals surface area contributed by atoms with E-state index < -0.39 is 0 Å². The maximum atomic E-state index is 12.7. The van der Waals surface area contributed by atoms with Gasteiger partial charge in [-0.25, -0.2) is 9.97 Å². The average Bonchev–Trinajstić information content (AvgIpc) is 2.96. The number of hydrogen-bond acceptors (Lipinski definition) is 8. The summed E-state index contributed by atoms with van der Waals surface area (Å²) in [6.07, 6.45) is 3.81. The molecule has 196 valence electrons. The number of piperazine rings is 1. The van der Waals surface area contributed by atoms with E-state index in [9.17, 15) is 4.79 Å². The first-order valence-corrected chi connectivity index (χ1v) is 13.9. The second kappa shape index (κ2) is 11.9. The molecule has 1 fully saturated rings. The molecule has 38 heavy (non-hydrogen) atoms. The second-order valence-electron chi connectivity index (χ2n) is 9.37. The third-order valence-corrected chi connectivity index (χ3v) is 7.55. The van der Waals surface area contributed by atoms with Crippen molar-refractivity contribution in [2.45, 2.75) is 24.4 Å². The number of rotatable bonds is 8. The number of amides is 1. The molecular formula is C29H32N6O2S. The Morgan fingerprint density at radius 2 is 2.03 bits per heavy atom. The molecule has 4 aromatic rings. The van der Waals surface area contributed by atoms with Crippen molar-refractivity contribution >= 4 is 34.4 Å². The van der Waals surface area contributed by atoms with Crippen molar-refractivity contribution in [3.8, 4) is 11.4 Å². The Bertz CT molecular complexity index is 1440. The Labute approximate surface area is 227 Å². The summed E-state index contributed by atoms with van der Waals surface area (Å²) < 4.78 is 5.33. The lowest BCUT2D eigenvalue weighted by molar-refractivity contribution is 0.0950. The third kappa shape index (κ3) is 5.96. The van der Waals surface area contributed by atoms with E-state index in [4.69, 9.17) is 14.7 Å². The molecule has 0 radical (unpaired) electrons. The van der Waals surface area contributed by atoms with Gasteiger partial charge in [0, 0.05) is 54.8 Å². The van der Waals surface area contributed by atoms with Crippen molar-refractivity contribution in [1.82, 2.24) is 25.6 Å². The highest BCUT2D eigenvalue weighted by Crippen LogP contribution is 2.24. The number of aryl methyl sites for hydroxylation is 1. The third-order valence-electron chi connectivity index (χ3n) is 6.67. The molecule has 4 heterocycles. The largest absolute Gasteiger partial charge is 0.383 e. The maximum Gasteiger partial charge on any atom is 0.251 e. The van der Waals surface area contributed by atoms with Gasteiger partial charge in [-0.15, -0.1) is 11.8 Å². The van der Waals surface area contributed by atoms with Crippen LogP contribution in [-0.2, 0) is 11.3 Å². The Morgan fingerprint density at radius 3 is 2.87 bits per heavy atom. The van der Waals surface area contributed by atoms with Gasteiger partial charge in [0.15, 0.2) is 0 Å². The number of carbonyl (C=O) groups is 1. The van der Waals surface area contributed by atoms with Gasteiger partial charge >= 0.3 is 0 Å². The van der Waals surface area contributed by atoms with Crippen LogP contribution in [0.25, 0.3) is 22.3 Å². The van der Waals surface area contributed by atoms with Crippen molar-refractivity contribution < 1.29 is 9.53 Å². The number of nitrogens with zero attached hydrogens (tertiary/aromatic N) is 4. The van der Waals surface area contributed by atoms with Gasteiger partial charge in [-0.1, -0.05) is 12.1 Å². The van der Waals surface area contributed by atoms with E-state index in [2.05, 4.69) is 20.5 Å². The Kier molecular flexibility index (Phi) is 8.17. The van der Waals surface area contributed by atoms with E-state index in [1.165, 1.54) is 0 Å². The second-order valence-corrected chi connectivity index (χ2v) is 10.2. The maximum absolute atomic E-state index is 12.7. The minimum Gasteiger partial charge on any atom is -0.383 e. The van der Waals surface area contributed by atoms with E-state index in [0.29, 0.717) is 18.7 Å². The predicted molar refractivity (Wildman–Crippen MR) is 153 cm³/mol. The van der Waals surface area contributed by atoms with Crippen LogP contribution in [0.3, 0.4) is 0 Å². The molecule has 1 unspecified atom stereocenters. The van der Waals surface area contributed by atoms with Gasteiger partial charge in [0.25, 0.3) is 5.91 Å². The first-order chi connectivity index (χ1) is 18.5. The summed E-state index contributed by atoms with van der Waals surface area (Å²) in [6, 6.07) is 18.0. The molecule has 8 nitrogen and oxygen atoms in total. The SMILES string of the molecule is COCC1CN(c2cccc(-c3ccc4cnc(CNC(=O)c5ccc(C)c(SC)c5)cc4n3)n2)CCN1. The molecule has 0 spiro atoms. The number of thioether (sulfide) groups is 1.